The van der Waals surface area contributed by atoms with Gasteiger partial charge in [0.2, 0.25) is 0 Å². The molecular weight excluding hydrogens is 347 g/mol. The van der Waals surface area contributed by atoms with Gasteiger partial charge in [0.1, 0.15) is 17.6 Å². The maximum absolute atomic E-state index is 12.2. The average Bonchev–Trinajstić information content (AvgIpc) is 2.33. The second-order valence-electron chi connectivity index (χ2n) is 3.61. The van der Waals surface area contributed by atoms with Crippen molar-refractivity contribution in [3.63, 3.8) is 0 Å². The zero-order valence-corrected chi connectivity index (χ0v) is 11.9. The van der Waals surface area contributed by atoms with Gasteiger partial charge in [-0.15, -0.1) is 0 Å². The molecule has 0 aliphatic carbocycles. The molecule has 0 atom stereocenters. The Morgan fingerprint density at radius 1 is 1.55 bits per heavy atom. The van der Waals surface area contributed by atoms with Crippen molar-refractivity contribution in [2.24, 2.45) is 0 Å². The SMILES string of the molecule is CCOC(=O)CNc1cnn(CC(F)(F)F)c(=O)c1Br. The molecule has 0 saturated heterocycles. The molecule has 6 nitrogen and oxygen atoms in total. The van der Waals surface area contributed by atoms with E-state index in [-0.39, 0.29) is 28.0 Å². The Morgan fingerprint density at radius 3 is 2.75 bits per heavy atom. The van der Waals surface area contributed by atoms with Crippen LogP contribution in [-0.2, 0) is 16.1 Å². The first kappa shape index (κ1) is 16.5. The highest BCUT2D eigenvalue weighted by Gasteiger charge is 2.29. The minimum absolute atomic E-state index is 0.112. The van der Waals surface area contributed by atoms with Crippen LogP contribution in [0.25, 0.3) is 0 Å². The van der Waals surface area contributed by atoms with Gasteiger partial charge < -0.3 is 10.1 Å². The fourth-order valence-corrected chi connectivity index (χ4v) is 1.70. The standard InChI is InChI=1S/C10H11BrF3N3O3/c1-2-20-7(18)4-15-6-3-16-17(5-10(12,13)14)9(19)8(6)11/h3,15H,2,4-5H2,1H3. The lowest BCUT2D eigenvalue weighted by atomic mass is 10.4. The number of anilines is 1. The molecular formula is C10H11BrF3N3O3. The first-order valence-corrected chi connectivity index (χ1v) is 6.25. The minimum Gasteiger partial charge on any atom is -0.465 e. The number of aromatic nitrogens is 2. The predicted octanol–water partition coefficient (Wildman–Crippen LogP) is 1.54. The van der Waals surface area contributed by atoms with Crippen molar-refractivity contribution in [2.75, 3.05) is 18.5 Å². The van der Waals surface area contributed by atoms with Gasteiger partial charge in [0.05, 0.1) is 18.5 Å². The molecule has 1 N–H and O–H groups in total. The van der Waals surface area contributed by atoms with Gasteiger partial charge in [0.25, 0.3) is 5.56 Å². The van der Waals surface area contributed by atoms with E-state index in [2.05, 4.69) is 31.1 Å². The van der Waals surface area contributed by atoms with E-state index >= 15 is 0 Å². The second kappa shape index (κ2) is 6.73. The number of hydrogen-bond acceptors (Lipinski definition) is 5. The first-order chi connectivity index (χ1) is 9.24. The summed E-state index contributed by atoms with van der Waals surface area (Å²) < 4.78 is 41.4. The summed E-state index contributed by atoms with van der Waals surface area (Å²) in [4.78, 5) is 22.7. The lowest BCUT2D eigenvalue weighted by molar-refractivity contribution is -0.143. The first-order valence-electron chi connectivity index (χ1n) is 5.46. The molecule has 0 bridgehead atoms. The summed E-state index contributed by atoms with van der Waals surface area (Å²) in [5.41, 5.74) is -0.835. The lowest BCUT2D eigenvalue weighted by Crippen LogP contribution is -2.31. The molecule has 1 aromatic rings. The molecule has 1 heterocycles. The Balaban J connectivity index is 2.84. The highest BCUT2D eigenvalue weighted by Crippen LogP contribution is 2.19. The van der Waals surface area contributed by atoms with E-state index in [1.807, 2.05) is 0 Å². The highest BCUT2D eigenvalue weighted by atomic mass is 79.9. The molecule has 0 radical (unpaired) electrons. The number of nitrogens with zero attached hydrogens (tertiary/aromatic N) is 2. The van der Waals surface area contributed by atoms with Gasteiger partial charge in [0.15, 0.2) is 0 Å². The summed E-state index contributed by atoms with van der Waals surface area (Å²) in [7, 11) is 0. The van der Waals surface area contributed by atoms with E-state index in [0.717, 1.165) is 6.20 Å². The van der Waals surface area contributed by atoms with Crippen LogP contribution in [0.4, 0.5) is 18.9 Å². The molecule has 0 saturated carbocycles. The Hall–Kier alpha value is -1.58. The monoisotopic (exact) mass is 357 g/mol. The third-order valence-electron chi connectivity index (χ3n) is 2.04. The van der Waals surface area contributed by atoms with Crippen LogP contribution in [0.3, 0.4) is 0 Å². The van der Waals surface area contributed by atoms with Crippen molar-refractivity contribution < 1.29 is 22.7 Å². The molecule has 0 aliphatic heterocycles. The third kappa shape index (κ3) is 4.83. The van der Waals surface area contributed by atoms with Gasteiger partial charge in [-0.3, -0.25) is 9.59 Å². The molecule has 112 valence electrons. The summed E-state index contributed by atoms with van der Waals surface area (Å²) in [6, 6.07) is 0. The van der Waals surface area contributed by atoms with Gasteiger partial charge in [-0.2, -0.15) is 18.3 Å². The maximum atomic E-state index is 12.2. The van der Waals surface area contributed by atoms with Crippen molar-refractivity contribution in [1.29, 1.82) is 0 Å². The molecule has 0 amide bonds. The number of alkyl halides is 3. The summed E-state index contributed by atoms with van der Waals surface area (Å²) >= 11 is 2.87. The van der Waals surface area contributed by atoms with Crippen molar-refractivity contribution >= 4 is 27.6 Å². The smallest absolute Gasteiger partial charge is 0.408 e. The van der Waals surface area contributed by atoms with E-state index in [1.54, 1.807) is 6.92 Å². The maximum Gasteiger partial charge on any atom is 0.408 e. The van der Waals surface area contributed by atoms with Crippen molar-refractivity contribution in [3.05, 3.63) is 21.0 Å². The van der Waals surface area contributed by atoms with Gasteiger partial charge >= 0.3 is 12.1 Å². The molecule has 1 rings (SSSR count). The van der Waals surface area contributed by atoms with E-state index in [9.17, 15) is 22.8 Å². The second-order valence-corrected chi connectivity index (χ2v) is 4.40. The van der Waals surface area contributed by atoms with E-state index < -0.39 is 24.2 Å². The number of carbonyl (C=O) groups excluding carboxylic acids is 1. The van der Waals surface area contributed by atoms with Crippen LogP contribution < -0.4 is 10.9 Å². The molecule has 1 aromatic heterocycles. The highest BCUT2D eigenvalue weighted by molar-refractivity contribution is 9.10. The quantitative estimate of drug-likeness (QED) is 0.809. The summed E-state index contributed by atoms with van der Waals surface area (Å²) in [6.07, 6.45) is -3.52. The number of ether oxygens (including phenoxy) is 1. The van der Waals surface area contributed by atoms with E-state index in [1.165, 1.54) is 0 Å². The van der Waals surface area contributed by atoms with Crippen molar-refractivity contribution in [1.82, 2.24) is 9.78 Å². The van der Waals surface area contributed by atoms with Crippen LogP contribution in [0.1, 0.15) is 6.92 Å². The van der Waals surface area contributed by atoms with Crippen molar-refractivity contribution in [2.45, 2.75) is 19.6 Å². The largest absolute Gasteiger partial charge is 0.465 e. The van der Waals surface area contributed by atoms with E-state index in [0.29, 0.717) is 0 Å². The van der Waals surface area contributed by atoms with Crippen LogP contribution in [-0.4, -0.2) is 35.1 Å². The fraction of sp³-hybridized carbons (Fsp3) is 0.500. The summed E-state index contributed by atoms with van der Waals surface area (Å²) in [6.45, 7) is 0.125. The Morgan fingerprint density at radius 2 is 2.20 bits per heavy atom. The molecule has 0 unspecified atom stereocenters. The summed E-state index contributed by atoms with van der Waals surface area (Å²) in [5.74, 6) is -0.557. The average molecular weight is 358 g/mol. The minimum atomic E-state index is -4.55. The topological polar surface area (TPSA) is 73.2 Å². The molecule has 10 heteroatoms. The predicted molar refractivity (Wildman–Crippen MR) is 67.4 cm³/mol. The third-order valence-corrected chi connectivity index (χ3v) is 2.81. The lowest BCUT2D eigenvalue weighted by Gasteiger charge is -2.11. The molecule has 0 aliphatic rings. The molecule has 0 aromatic carbocycles. The van der Waals surface area contributed by atoms with Gasteiger partial charge in [-0.25, -0.2) is 4.68 Å². The zero-order valence-electron chi connectivity index (χ0n) is 10.3. The van der Waals surface area contributed by atoms with Gasteiger partial charge in [0, 0.05) is 0 Å². The van der Waals surface area contributed by atoms with Crippen LogP contribution in [0, 0.1) is 0 Å². The van der Waals surface area contributed by atoms with Crippen LogP contribution in [0.2, 0.25) is 0 Å². The molecule has 0 spiro atoms. The van der Waals surface area contributed by atoms with Crippen molar-refractivity contribution in [3.8, 4) is 0 Å². The number of rotatable bonds is 5. The number of hydrogen-bond donors (Lipinski definition) is 1. The number of esters is 1. The molecule has 20 heavy (non-hydrogen) atoms. The zero-order chi connectivity index (χ0) is 15.3. The van der Waals surface area contributed by atoms with Gasteiger partial charge in [-0.1, -0.05) is 0 Å². The normalized spacial score (nSPS) is 11.2. The van der Waals surface area contributed by atoms with Crippen LogP contribution in [0.5, 0.6) is 0 Å². The van der Waals surface area contributed by atoms with E-state index in [4.69, 9.17) is 0 Å². The van der Waals surface area contributed by atoms with Gasteiger partial charge in [-0.05, 0) is 22.9 Å². The number of halogens is 4. The Bertz CT molecular complexity index is 545. The Labute approximate surface area is 120 Å². The van der Waals surface area contributed by atoms with Crippen LogP contribution >= 0.6 is 15.9 Å². The van der Waals surface area contributed by atoms with Crippen LogP contribution in [0.15, 0.2) is 15.5 Å². The fourth-order valence-electron chi connectivity index (χ4n) is 1.25. The number of carbonyl (C=O) groups is 1. The number of nitrogens with one attached hydrogen (secondary N) is 1. The molecule has 0 fully saturated rings. The Kier molecular flexibility index (Phi) is 5.54. The summed E-state index contributed by atoms with van der Waals surface area (Å²) in [5, 5.41) is 5.94.